The molecule has 0 amide bonds. The lowest BCUT2D eigenvalue weighted by Gasteiger charge is -2.42. The fraction of sp³-hybridized carbons (Fsp3) is 0.444. The van der Waals surface area contributed by atoms with Crippen molar-refractivity contribution in [2.75, 3.05) is 6.61 Å². The standard InChI is InChI=1S/C27H30O15/c1-9-20(32)22(34)24(36)26(39-9)38-8-18-21(33)23(35)25(37)27(42-18)40-11-5-14(30)19-15(31)7-16(41-17(19)6-11)10-2-3-12(28)13(29)4-10/h2-7,9,18,20-30,32-37H,8H2,1H3/t9-,18-,20-,21-,22+,23+,24+,25-,26-,27-/m1/s1. The summed E-state index contributed by atoms with van der Waals surface area (Å²) in [6.45, 7) is 0.938. The third-order valence-electron chi connectivity index (χ3n) is 7.20. The van der Waals surface area contributed by atoms with Crippen LogP contribution in [0.15, 0.2) is 45.6 Å². The van der Waals surface area contributed by atoms with Gasteiger partial charge in [0.1, 0.15) is 71.0 Å². The maximum Gasteiger partial charge on any atom is 0.229 e. The zero-order valence-corrected chi connectivity index (χ0v) is 21.9. The fourth-order valence-electron chi connectivity index (χ4n) is 4.76. The predicted molar refractivity (Wildman–Crippen MR) is 139 cm³/mol. The number of benzene rings is 2. The van der Waals surface area contributed by atoms with Gasteiger partial charge in [-0.3, -0.25) is 4.79 Å². The highest BCUT2D eigenvalue weighted by Gasteiger charge is 2.47. The van der Waals surface area contributed by atoms with Crippen LogP contribution >= 0.6 is 0 Å². The summed E-state index contributed by atoms with van der Waals surface area (Å²) in [6.07, 6.45) is -15.1. The predicted octanol–water partition coefficient (Wildman–Crippen LogP) is -1.39. The molecule has 15 heteroatoms. The maximum absolute atomic E-state index is 12.7. The van der Waals surface area contributed by atoms with Gasteiger partial charge in [0.15, 0.2) is 23.2 Å². The minimum atomic E-state index is -1.79. The van der Waals surface area contributed by atoms with Crippen LogP contribution in [0.5, 0.6) is 23.0 Å². The second-order valence-electron chi connectivity index (χ2n) is 10.1. The largest absolute Gasteiger partial charge is 0.507 e. The van der Waals surface area contributed by atoms with Crippen LogP contribution in [-0.2, 0) is 14.2 Å². The first-order chi connectivity index (χ1) is 19.8. The molecule has 228 valence electrons. The molecule has 1 aromatic heterocycles. The molecule has 5 rings (SSSR count). The van der Waals surface area contributed by atoms with Crippen LogP contribution in [0.3, 0.4) is 0 Å². The molecule has 3 heterocycles. The Morgan fingerprint density at radius 3 is 2.14 bits per heavy atom. The Morgan fingerprint density at radius 2 is 1.43 bits per heavy atom. The molecule has 9 N–H and O–H groups in total. The van der Waals surface area contributed by atoms with Crippen molar-refractivity contribution in [1.82, 2.24) is 0 Å². The molecule has 0 aliphatic carbocycles. The number of rotatable bonds is 6. The van der Waals surface area contributed by atoms with E-state index in [1.807, 2.05) is 0 Å². The van der Waals surface area contributed by atoms with Crippen LogP contribution in [0.2, 0.25) is 0 Å². The Kier molecular flexibility index (Phi) is 8.30. The lowest BCUT2D eigenvalue weighted by Crippen LogP contribution is -2.61. The first-order valence-corrected chi connectivity index (χ1v) is 12.9. The lowest BCUT2D eigenvalue weighted by molar-refractivity contribution is -0.318. The third-order valence-corrected chi connectivity index (χ3v) is 7.20. The second kappa shape index (κ2) is 11.6. The van der Waals surface area contributed by atoms with Crippen LogP contribution in [-0.4, -0.2) is 114 Å². The molecular weight excluding hydrogens is 564 g/mol. The first kappa shape index (κ1) is 30.0. The molecule has 0 radical (unpaired) electrons. The number of hydrogen-bond donors (Lipinski definition) is 9. The number of phenolic OH excluding ortho intramolecular Hbond substituents is 3. The van der Waals surface area contributed by atoms with E-state index < -0.39 is 84.9 Å². The van der Waals surface area contributed by atoms with E-state index in [2.05, 4.69) is 0 Å². The summed E-state index contributed by atoms with van der Waals surface area (Å²) in [5.41, 5.74) is -0.541. The topological polar surface area (TPSA) is 249 Å². The van der Waals surface area contributed by atoms with Crippen molar-refractivity contribution in [3.8, 4) is 34.3 Å². The highest BCUT2D eigenvalue weighted by molar-refractivity contribution is 5.86. The summed E-state index contributed by atoms with van der Waals surface area (Å²) >= 11 is 0. The Bertz CT molecular complexity index is 1490. The van der Waals surface area contributed by atoms with Gasteiger partial charge in [-0.1, -0.05) is 0 Å². The van der Waals surface area contributed by atoms with E-state index in [0.29, 0.717) is 0 Å². The van der Waals surface area contributed by atoms with E-state index in [-0.39, 0.29) is 33.8 Å². The van der Waals surface area contributed by atoms with Gasteiger partial charge >= 0.3 is 0 Å². The first-order valence-electron chi connectivity index (χ1n) is 12.9. The molecule has 2 aromatic carbocycles. The van der Waals surface area contributed by atoms with E-state index in [9.17, 15) is 50.8 Å². The Morgan fingerprint density at radius 1 is 0.738 bits per heavy atom. The monoisotopic (exact) mass is 594 g/mol. The number of aliphatic hydroxyl groups excluding tert-OH is 6. The zero-order valence-electron chi connectivity index (χ0n) is 21.9. The molecule has 10 atom stereocenters. The maximum atomic E-state index is 12.7. The molecular formula is C27H30O15. The van der Waals surface area contributed by atoms with Crippen molar-refractivity contribution in [2.45, 2.75) is 68.3 Å². The molecule has 42 heavy (non-hydrogen) atoms. The Labute approximate surface area is 236 Å². The van der Waals surface area contributed by atoms with Crippen LogP contribution in [0.1, 0.15) is 6.92 Å². The van der Waals surface area contributed by atoms with Gasteiger partial charge in [0.25, 0.3) is 0 Å². The minimum Gasteiger partial charge on any atom is -0.507 e. The Hall–Kier alpha value is -3.51. The molecule has 2 saturated heterocycles. The van der Waals surface area contributed by atoms with E-state index in [1.165, 1.54) is 31.2 Å². The van der Waals surface area contributed by atoms with Gasteiger partial charge < -0.3 is 69.3 Å². The molecule has 15 nitrogen and oxygen atoms in total. The van der Waals surface area contributed by atoms with E-state index in [4.69, 9.17) is 23.4 Å². The zero-order chi connectivity index (χ0) is 30.5. The quantitative estimate of drug-likeness (QED) is 0.149. The van der Waals surface area contributed by atoms with Crippen molar-refractivity contribution >= 4 is 11.0 Å². The highest BCUT2D eigenvalue weighted by Crippen LogP contribution is 2.35. The van der Waals surface area contributed by atoms with Crippen LogP contribution in [0, 0.1) is 0 Å². The van der Waals surface area contributed by atoms with E-state index in [1.54, 1.807) is 0 Å². The highest BCUT2D eigenvalue weighted by atomic mass is 16.7. The molecule has 0 bridgehead atoms. The SMILES string of the molecule is C[C@H]1O[C@@H](OC[C@H]2O[C@@H](Oc3cc(O)c4c(=O)cc(-c5ccc(O)c(O)c5)oc4c3)[C@H](O)[C@@H](O)[C@@H]2O)[C@@H](O)[C@@H](O)[C@@H]1O. The van der Waals surface area contributed by atoms with Crippen molar-refractivity contribution in [2.24, 2.45) is 0 Å². The summed E-state index contributed by atoms with van der Waals surface area (Å²) in [4.78, 5) is 12.7. The van der Waals surface area contributed by atoms with Gasteiger partial charge in [-0.05, 0) is 25.1 Å². The van der Waals surface area contributed by atoms with Gasteiger partial charge in [-0.2, -0.15) is 0 Å². The van der Waals surface area contributed by atoms with Crippen LogP contribution < -0.4 is 10.2 Å². The smallest absolute Gasteiger partial charge is 0.229 e. The summed E-state index contributed by atoms with van der Waals surface area (Å²) in [5.74, 6) is -1.56. The van der Waals surface area contributed by atoms with Gasteiger partial charge in [-0.15, -0.1) is 0 Å². The molecule has 0 spiro atoms. The number of aliphatic hydroxyl groups is 6. The minimum absolute atomic E-state index is 0.0110. The number of hydrogen-bond acceptors (Lipinski definition) is 15. The van der Waals surface area contributed by atoms with Crippen molar-refractivity contribution in [1.29, 1.82) is 0 Å². The third kappa shape index (κ3) is 5.61. The Balaban J connectivity index is 1.36. The second-order valence-corrected chi connectivity index (χ2v) is 10.1. The molecule has 2 fully saturated rings. The number of fused-ring (bicyclic) bond motifs is 1. The number of phenols is 3. The molecule has 2 aliphatic rings. The lowest BCUT2D eigenvalue weighted by atomic mass is 9.98. The van der Waals surface area contributed by atoms with Crippen molar-refractivity contribution in [3.63, 3.8) is 0 Å². The molecule has 0 unspecified atom stereocenters. The van der Waals surface area contributed by atoms with Gasteiger partial charge in [0.05, 0.1) is 12.7 Å². The number of ether oxygens (including phenoxy) is 4. The normalized spacial score (nSPS) is 33.5. The van der Waals surface area contributed by atoms with E-state index >= 15 is 0 Å². The summed E-state index contributed by atoms with van der Waals surface area (Å²) in [6, 6.07) is 7.09. The van der Waals surface area contributed by atoms with Crippen LogP contribution in [0.4, 0.5) is 0 Å². The molecule has 3 aromatic rings. The van der Waals surface area contributed by atoms with Gasteiger partial charge in [0.2, 0.25) is 6.29 Å². The summed E-state index contributed by atoms with van der Waals surface area (Å²) in [7, 11) is 0. The van der Waals surface area contributed by atoms with E-state index in [0.717, 1.165) is 12.1 Å². The fourth-order valence-corrected chi connectivity index (χ4v) is 4.76. The average Bonchev–Trinajstić information content (AvgIpc) is 2.95. The van der Waals surface area contributed by atoms with Gasteiger partial charge in [-0.25, -0.2) is 0 Å². The van der Waals surface area contributed by atoms with Crippen LogP contribution in [0.25, 0.3) is 22.3 Å². The molecule has 2 aliphatic heterocycles. The number of aromatic hydroxyl groups is 3. The van der Waals surface area contributed by atoms with Gasteiger partial charge in [0, 0.05) is 23.8 Å². The summed E-state index contributed by atoms with van der Waals surface area (Å²) in [5, 5.41) is 91.0. The average molecular weight is 595 g/mol. The summed E-state index contributed by atoms with van der Waals surface area (Å²) < 4.78 is 27.8. The van der Waals surface area contributed by atoms with Crippen molar-refractivity contribution in [3.05, 3.63) is 46.6 Å². The van der Waals surface area contributed by atoms with Crippen molar-refractivity contribution < 1.29 is 69.3 Å². The molecule has 0 saturated carbocycles.